The van der Waals surface area contributed by atoms with Gasteiger partial charge in [-0.2, -0.15) is 0 Å². The molecule has 1 saturated heterocycles. The van der Waals surface area contributed by atoms with Gasteiger partial charge in [-0.25, -0.2) is 0 Å². The van der Waals surface area contributed by atoms with Gasteiger partial charge in [-0.1, -0.05) is 72.4 Å². The molecule has 2 aromatic heterocycles. The minimum atomic E-state index is -0.367. The van der Waals surface area contributed by atoms with E-state index in [1.165, 1.54) is 11.8 Å². The van der Waals surface area contributed by atoms with Crippen molar-refractivity contribution in [2.45, 2.75) is 29.8 Å². The molecule has 0 radical (unpaired) electrons. The largest absolute Gasteiger partial charge is 0.341 e. The van der Waals surface area contributed by atoms with Gasteiger partial charge in [0.15, 0.2) is 11.0 Å². The number of carbonyl (C=O) groups is 1. The fourth-order valence-electron chi connectivity index (χ4n) is 4.10. The third-order valence-corrected chi connectivity index (χ3v) is 7.03. The number of carbonyl (C=O) groups excluding carboxylic acids is 1. The van der Waals surface area contributed by atoms with Gasteiger partial charge < -0.3 is 4.90 Å². The molecule has 0 aliphatic carbocycles. The van der Waals surface area contributed by atoms with Crippen molar-refractivity contribution in [3.8, 4) is 11.4 Å². The van der Waals surface area contributed by atoms with Crippen molar-refractivity contribution in [3.63, 3.8) is 0 Å². The van der Waals surface area contributed by atoms with Crippen LogP contribution >= 0.6 is 11.8 Å². The Morgan fingerprint density at radius 2 is 1.55 bits per heavy atom. The van der Waals surface area contributed by atoms with Crippen LogP contribution in [-0.2, 0) is 11.3 Å². The highest BCUT2D eigenvalue weighted by atomic mass is 32.2. The van der Waals surface area contributed by atoms with E-state index >= 15 is 0 Å². The van der Waals surface area contributed by atoms with Gasteiger partial charge in [-0.15, -0.1) is 10.2 Å². The summed E-state index contributed by atoms with van der Waals surface area (Å²) < 4.78 is 2.10. The molecule has 0 spiro atoms. The summed E-state index contributed by atoms with van der Waals surface area (Å²) in [5, 5.41) is 9.43. The average molecular weight is 456 g/mol. The van der Waals surface area contributed by atoms with Crippen LogP contribution in [0.4, 0.5) is 0 Å². The number of amides is 1. The molecule has 1 atom stereocenters. The highest BCUT2D eigenvalue weighted by Gasteiger charge is 2.31. The number of pyridine rings is 1. The summed E-state index contributed by atoms with van der Waals surface area (Å²) in [4.78, 5) is 19.6. The maximum Gasteiger partial charge on any atom is 0.240 e. The summed E-state index contributed by atoms with van der Waals surface area (Å²) in [5.74, 6) is 0.910. The summed E-state index contributed by atoms with van der Waals surface area (Å²) in [6.45, 7) is 2.26. The molecule has 0 N–H and O–H groups in total. The summed E-state index contributed by atoms with van der Waals surface area (Å²) in [6, 6.07) is 24.1. The Kier molecular flexibility index (Phi) is 6.48. The standard InChI is InChI=1S/C26H25N5OS/c32-25(30-17-7-8-18-30)23(21-11-5-2-6-12-21)33-26-29-28-24(22-13-15-27-16-14-22)31(26)19-20-9-3-1-4-10-20/h1-6,9-16,23H,7-8,17-19H2/t23-/m0/s1. The molecule has 1 amide bonds. The predicted molar refractivity (Wildman–Crippen MR) is 130 cm³/mol. The van der Waals surface area contributed by atoms with E-state index < -0.39 is 0 Å². The number of likely N-dealkylation sites (tertiary alicyclic amines) is 1. The predicted octanol–water partition coefficient (Wildman–Crippen LogP) is 4.84. The van der Waals surface area contributed by atoms with Crippen LogP contribution in [0.25, 0.3) is 11.4 Å². The minimum Gasteiger partial charge on any atom is -0.341 e. The summed E-state index contributed by atoms with van der Waals surface area (Å²) in [5.41, 5.74) is 3.08. The molecule has 4 aromatic rings. The zero-order valence-corrected chi connectivity index (χ0v) is 19.1. The second-order valence-electron chi connectivity index (χ2n) is 8.05. The number of nitrogens with zero attached hydrogens (tertiary/aromatic N) is 5. The second kappa shape index (κ2) is 10.0. The molecule has 33 heavy (non-hydrogen) atoms. The molecule has 5 rings (SSSR count). The number of aromatic nitrogens is 4. The van der Waals surface area contributed by atoms with Gasteiger partial charge in [-0.05, 0) is 36.1 Å². The fourth-order valence-corrected chi connectivity index (χ4v) is 5.22. The zero-order chi connectivity index (χ0) is 22.5. The van der Waals surface area contributed by atoms with Gasteiger partial charge >= 0.3 is 0 Å². The molecular weight excluding hydrogens is 430 g/mol. The van der Waals surface area contributed by atoms with Gasteiger partial charge in [0.2, 0.25) is 5.91 Å². The van der Waals surface area contributed by atoms with Crippen LogP contribution in [0.3, 0.4) is 0 Å². The zero-order valence-electron chi connectivity index (χ0n) is 18.2. The van der Waals surface area contributed by atoms with Crippen molar-refractivity contribution in [2.24, 2.45) is 0 Å². The Balaban J connectivity index is 1.53. The van der Waals surface area contributed by atoms with Crippen molar-refractivity contribution in [2.75, 3.05) is 13.1 Å². The molecule has 2 aromatic carbocycles. The third kappa shape index (κ3) is 4.83. The highest BCUT2D eigenvalue weighted by Crippen LogP contribution is 2.38. The number of benzene rings is 2. The SMILES string of the molecule is O=C([C@@H](Sc1nnc(-c2ccncc2)n1Cc1ccccc1)c1ccccc1)N1CCCC1. The van der Waals surface area contributed by atoms with Crippen LogP contribution in [0.2, 0.25) is 0 Å². The molecule has 3 heterocycles. The summed E-state index contributed by atoms with van der Waals surface area (Å²) >= 11 is 1.48. The van der Waals surface area contributed by atoms with Crippen LogP contribution < -0.4 is 0 Å². The van der Waals surface area contributed by atoms with Crippen LogP contribution in [0, 0.1) is 0 Å². The quantitative estimate of drug-likeness (QED) is 0.373. The van der Waals surface area contributed by atoms with E-state index in [0.29, 0.717) is 6.54 Å². The number of thioether (sulfide) groups is 1. The van der Waals surface area contributed by atoms with Gasteiger partial charge in [0.1, 0.15) is 5.25 Å². The summed E-state index contributed by atoms with van der Waals surface area (Å²) in [7, 11) is 0. The van der Waals surface area contributed by atoms with Crippen molar-refractivity contribution < 1.29 is 4.79 Å². The maximum atomic E-state index is 13.5. The highest BCUT2D eigenvalue weighted by molar-refractivity contribution is 8.00. The van der Waals surface area contributed by atoms with Crippen molar-refractivity contribution >= 4 is 17.7 Å². The molecule has 6 nitrogen and oxygen atoms in total. The van der Waals surface area contributed by atoms with E-state index in [1.54, 1.807) is 12.4 Å². The topological polar surface area (TPSA) is 63.9 Å². The molecule has 0 unspecified atom stereocenters. The Hall–Kier alpha value is -3.45. The third-order valence-electron chi connectivity index (χ3n) is 5.81. The lowest BCUT2D eigenvalue weighted by Crippen LogP contribution is -2.31. The van der Waals surface area contributed by atoms with Crippen LogP contribution in [-0.4, -0.2) is 43.6 Å². The first-order valence-electron chi connectivity index (χ1n) is 11.2. The van der Waals surface area contributed by atoms with E-state index in [-0.39, 0.29) is 11.2 Å². The molecule has 1 fully saturated rings. The summed E-state index contributed by atoms with van der Waals surface area (Å²) in [6.07, 6.45) is 5.64. The molecule has 1 aliphatic rings. The average Bonchev–Trinajstić information content (AvgIpc) is 3.55. The lowest BCUT2D eigenvalue weighted by atomic mass is 10.1. The molecule has 0 bridgehead atoms. The van der Waals surface area contributed by atoms with Gasteiger partial charge in [0, 0.05) is 31.0 Å². The minimum absolute atomic E-state index is 0.142. The number of hydrogen-bond acceptors (Lipinski definition) is 5. The van der Waals surface area contributed by atoms with Gasteiger partial charge in [-0.3, -0.25) is 14.3 Å². The van der Waals surface area contributed by atoms with Crippen LogP contribution in [0.1, 0.15) is 29.2 Å². The number of hydrogen-bond donors (Lipinski definition) is 0. The Morgan fingerprint density at radius 3 is 2.24 bits per heavy atom. The van der Waals surface area contributed by atoms with Gasteiger partial charge in [0.05, 0.1) is 6.54 Å². The second-order valence-corrected chi connectivity index (χ2v) is 9.13. The monoisotopic (exact) mass is 455 g/mol. The molecule has 1 aliphatic heterocycles. The number of rotatable bonds is 7. The van der Waals surface area contributed by atoms with E-state index in [9.17, 15) is 4.79 Å². The van der Waals surface area contributed by atoms with E-state index in [1.807, 2.05) is 65.6 Å². The smallest absolute Gasteiger partial charge is 0.240 e. The molecular formula is C26H25N5OS. The van der Waals surface area contributed by atoms with Gasteiger partial charge in [0.25, 0.3) is 0 Å². The fraction of sp³-hybridized carbons (Fsp3) is 0.231. The van der Waals surface area contributed by atoms with Crippen molar-refractivity contribution in [3.05, 3.63) is 96.3 Å². The lowest BCUT2D eigenvalue weighted by Gasteiger charge is -2.23. The first kappa shape index (κ1) is 21.4. The first-order chi connectivity index (χ1) is 16.3. The Labute approximate surface area is 197 Å². The lowest BCUT2D eigenvalue weighted by molar-refractivity contribution is -0.129. The van der Waals surface area contributed by atoms with Crippen LogP contribution in [0.15, 0.2) is 90.3 Å². The normalized spacial score (nSPS) is 14.4. The van der Waals surface area contributed by atoms with E-state index in [4.69, 9.17) is 0 Å². The van der Waals surface area contributed by atoms with E-state index in [0.717, 1.165) is 53.6 Å². The maximum absolute atomic E-state index is 13.5. The van der Waals surface area contributed by atoms with E-state index in [2.05, 4.69) is 31.9 Å². The van der Waals surface area contributed by atoms with Crippen molar-refractivity contribution in [1.29, 1.82) is 0 Å². The van der Waals surface area contributed by atoms with Crippen molar-refractivity contribution in [1.82, 2.24) is 24.6 Å². The Bertz CT molecular complexity index is 1190. The molecule has 166 valence electrons. The molecule has 0 saturated carbocycles. The first-order valence-corrected chi connectivity index (χ1v) is 12.1. The van der Waals surface area contributed by atoms with Crippen LogP contribution in [0.5, 0.6) is 0 Å². The molecule has 7 heteroatoms. The Morgan fingerprint density at radius 1 is 0.879 bits per heavy atom.